The maximum Gasteiger partial charge on any atom is 0.273 e. The smallest absolute Gasteiger partial charge is 0.273 e. The van der Waals surface area contributed by atoms with Gasteiger partial charge < -0.3 is 11.1 Å². The van der Waals surface area contributed by atoms with Crippen molar-refractivity contribution in [3.05, 3.63) is 28.3 Å². The molecule has 1 aromatic carbocycles. The van der Waals surface area contributed by atoms with E-state index in [4.69, 9.17) is 5.73 Å². The van der Waals surface area contributed by atoms with Gasteiger partial charge in [-0.25, -0.2) is 0 Å². The molecule has 1 aliphatic carbocycles. The van der Waals surface area contributed by atoms with Crippen LogP contribution >= 0.6 is 0 Å². The summed E-state index contributed by atoms with van der Waals surface area (Å²) < 4.78 is 0. The Bertz CT molecular complexity index is 440. The summed E-state index contributed by atoms with van der Waals surface area (Å²) in [6, 6.07) is 5.13. The lowest BCUT2D eigenvalue weighted by molar-refractivity contribution is -0.384. The fraction of sp³-hybridized carbons (Fsp3) is 0.571. The van der Waals surface area contributed by atoms with Gasteiger partial charge in [-0.1, -0.05) is 32.1 Å². The Morgan fingerprint density at radius 2 is 1.74 bits per heavy atom. The summed E-state index contributed by atoms with van der Waals surface area (Å²) in [7, 11) is 0. The number of nitro groups is 1. The Labute approximate surface area is 113 Å². The number of nitro benzene ring substituents is 1. The summed E-state index contributed by atoms with van der Waals surface area (Å²) >= 11 is 0. The van der Waals surface area contributed by atoms with Crippen molar-refractivity contribution in [2.75, 3.05) is 11.1 Å². The highest BCUT2D eigenvalue weighted by Gasteiger charge is 2.14. The van der Waals surface area contributed by atoms with E-state index in [1.165, 1.54) is 38.2 Å². The van der Waals surface area contributed by atoms with Crippen molar-refractivity contribution >= 4 is 17.1 Å². The summed E-state index contributed by atoms with van der Waals surface area (Å²) in [6.07, 6.45) is 8.61. The topological polar surface area (TPSA) is 81.2 Å². The van der Waals surface area contributed by atoms with Crippen LogP contribution in [0, 0.1) is 10.1 Å². The molecule has 5 nitrogen and oxygen atoms in total. The SMILES string of the molecule is Nc1cc(NC2CCCCCCC2)cc([N+](=O)[O-])c1. The number of nitrogens with two attached hydrogens (primary N) is 1. The van der Waals surface area contributed by atoms with Crippen LogP contribution < -0.4 is 11.1 Å². The zero-order chi connectivity index (χ0) is 13.7. The lowest BCUT2D eigenvalue weighted by Gasteiger charge is -2.22. The Balaban J connectivity index is 2.06. The van der Waals surface area contributed by atoms with Gasteiger partial charge in [-0.15, -0.1) is 0 Å². The number of rotatable bonds is 3. The number of nitrogens with zero attached hydrogens (tertiary/aromatic N) is 1. The van der Waals surface area contributed by atoms with E-state index in [-0.39, 0.29) is 5.69 Å². The minimum atomic E-state index is -0.403. The Hall–Kier alpha value is -1.78. The lowest BCUT2D eigenvalue weighted by atomic mass is 9.96. The number of anilines is 2. The van der Waals surface area contributed by atoms with E-state index < -0.39 is 4.92 Å². The van der Waals surface area contributed by atoms with Crippen LogP contribution in [0.3, 0.4) is 0 Å². The molecule has 1 fully saturated rings. The van der Waals surface area contributed by atoms with Gasteiger partial charge >= 0.3 is 0 Å². The highest BCUT2D eigenvalue weighted by molar-refractivity contribution is 5.61. The summed E-state index contributed by atoms with van der Waals surface area (Å²) in [6.45, 7) is 0. The second-order valence-electron chi connectivity index (χ2n) is 5.26. The van der Waals surface area contributed by atoms with Crippen LogP contribution in [0.25, 0.3) is 0 Å². The molecule has 1 aromatic rings. The van der Waals surface area contributed by atoms with Crippen molar-refractivity contribution in [3.8, 4) is 0 Å². The monoisotopic (exact) mass is 263 g/mol. The Kier molecular flexibility index (Phi) is 4.60. The molecule has 0 atom stereocenters. The predicted octanol–water partition coefficient (Wildman–Crippen LogP) is 3.70. The molecule has 0 spiro atoms. The molecular weight excluding hydrogens is 242 g/mol. The van der Waals surface area contributed by atoms with E-state index in [0.29, 0.717) is 11.7 Å². The summed E-state index contributed by atoms with van der Waals surface area (Å²) in [5.74, 6) is 0. The third-order valence-corrected chi connectivity index (χ3v) is 3.63. The van der Waals surface area contributed by atoms with Crippen molar-refractivity contribution in [1.82, 2.24) is 0 Å². The van der Waals surface area contributed by atoms with E-state index in [0.717, 1.165) is 18.5 Å². The summed E-state index contributed by atoms with van der Waals surface area (Å²) in [5.41, 5.74) is 6.96. The zero-order valence-electron chi connectivity index (χ0n) is 11.1. The van der Waals surface area contributed by atoms with Gasteiger partial charge in [0, 0.05) is 29.5 Å². The average molecular weight is 263 g/mol. The van der Waals surface area contributed by atoms with Gasteiger partial charge in [-0.2, -0.15) is 0 Å². The van der Waals surface area contributed by atoms with Crippen molar-refractivity contribution in [2.24, 2.45) is 0 Å². The van der Waals surface area contributed by atoms with E-state index >= 15 is 0 Å². The fourth-order valence-corrected chi connectivity index (χ4v) is 2.66. The van der Waals surface area contributed by atoms with Crippen LogP contribution in [0.2, 0.25) is 0 Å². The van der Waals surface area contributed by atoms with Crippen molar-refractivity contribution in [2.45, 2.75) is 51.0 Å². The van der Waals surface area contributed by atoms with Crippen molar-refractivity contribution in [3.63, 3.8) is 0 Å². The van der Waals surface area contributed by atoms with Crippen LogP contribution in [0.1, 0.15) is 44.9 Å². The van der Waals surface area contributed by atoms with Crippen LogP contribution in [0.4, 0.5) is 17.1 Å². The van der Waals surface area contributed by atoms with Gasteiger partial charge in [0.1, 0.15) is 0 Å². The standard InChI is InChI=1S/C14H21N3O2/c15-11-8-13(10-14(9-11)17(18)19)16-12-6-4-2-1-3-5-7-12/h8-10,12,16H,1-7,15H2. The Morgan fingerprint density at radius 3 is 2.37 bits per heavy atom. The number of non-ortho nitro benzene ring substituents is 1. The van der Waals surface area contributed by atoms with Crippen molar-refractivity contribution < 1.29 is 4.92 Å². The van der Waals surface area contributed by atoms with E-state index in [1.807, 2.05) is 0 Å². The second-order valence-corrected chi connectivity index (χ2v) is 5.26. The molecule has 3 N–H and O–H groups in total. The van der Waals surface area contributed by atoms with E-state index in [1.54, 1.807) is 12.1 Å². The number of hydrogen-bond donors (Lipinski definition) is 2. The van der Waals surface area contributed by atoms with Gasteiger partial charge in [-0.3, -0.25) is 10.1 Å². The fourth-order valence-electron chi connectivity index (χ4n) is 2.66. The van der Waals surface area contributed by atoms with Crippen LogP contribution in [0.15, 0.2) is 18.2 Å². The molecule has 0 bridgehead atoms. The minimum absolute atomic E-state index is 0.0494. The average Bonchev–Trinajstić information content (AvgIpc) is 2.31. The summed E-state index contributed by atoms with van der Waals surface area (Å²) in [4.78, 5) is 10.4. The summed E-state index contributed by atoms with van der Waals surface area (Å²) in [5, 5.41) is 14.2. The van der Waals surface area contributed by atoms with Gasteiger partial charge in [0.25, 0.3) is 5.69 Å². The highest BCUT2D eigenvalue weighted by Crippen LogP contribution is 2.25. The molecule has 19 heavy (non-hydrogen) atoms. The van der Waals surface area contributed by atoms with Gasteiger partial charge in [0.15, 0.2) is 0 Å². The maximum absolute atomic E-state index is 10.8. The number of nitrogen functional groups attached to an aromatic ring is 1. The quantitative estimate of drug-likeness (QED) is 0.495. The predicted molar refractivity (Wildman–Crippen MR) is 77.2 cm³/mol. The molecular formula is C14H21N3O2. The molecule has 0 aliphatic heterocycles. The minimum Gasteiger partial charge on any atom is -0.398 e. The first-order valence-electron chi connectivity index (χ1n) is 6.96. The largest absolute Gasteiger partial charge is 0.398 e. The first kappa shape index (κ1) is 13.6. The Morgan fingerprint density at radius 1 is 1.11 bits per heavy atom. The molecule has 0 amide bonds. The van der Waals surface area contributed by atoms with Crippen LogP contribution in [-0.2, 0) is 0 Å². The maximum atomic E-state index is 10.8. The highest BCUT2D eigenvalue weighted by atomic mass is 16.6. The zero-order valence-corrected chi connectivity index (χ0v) is 11.1. The first-order valence-corrected chi connectivity index (χ1v) is 6.96. The van der Waals surface area contributed by atoms with Gasteiger partial charge in [0.2, 0.25) is 0 Å². The second kappa shape index (κ2) is 6.41. The van der Waals surface area contributed by atoms with Crippen LogP contribution in [0.5, 0.6) is 0 Å². The molecule has 1 saturated carbocycles. The lowest BCUT2D eigenvalue weighted by Crippen LogP contribution is -2.20. The molecule has 1 aliphatic rings. The molecule has 5 heteroatoms. The number of hydrogen-bond acceptors (Lipinski definition) is 4. The third kappa shape index (κ3) is 4.12. The van der Waals surface area contributed by atoms with E-state index in [2.05, 4.69) is 5.32 Å². The molecule has 0 saturated heterocycles. The first-order chi connectivity index (χ1) is 9.15. The van der Waals surface area contributed by atoms with Gasteiger partial charge in [0.05, 0.1) is 4.92 Å². The molecule has 2 rings (SSSR count). The van der Waals surface area contributed by atoms with E-state index in [9.17, 15) is 10.1 Å². The number of nitrogens with one attached hydrogen (secondary N) is 1. The van der Waals surface area contributed by atoms with Crippen molar-refractivity contribution in [1.29, 1.82) is 0 Å². The molecule has 0 heterocycles. The van der Waals surface area contributed by atoms with Crippen LogP contribution in [-0.4, -0.2) is 11.0 Å². The normalized spacial score (nSPS) is 17.5. The molecule has 0 unspecified atom stereocenters. The molecule has 104 valence electrons. The third-order valence-electron chi connectivity index (χ3n) is 3.63. The molecule has 0 aromatic heterocycles. The van der Waals surface area contributed by atoms with Gasteiger partial charge in [-0.05, 0) is 18.9 Å². The number of benzene rings is 1. The molecule has 0 radical (unpaired) electrons.